The lowest BCUT2D eigenvalue weighted by Gasteiger charge is -2.25. The summed E-state index contributed by atoms with van der Waals surface area (Å²) in [6.07, 6.45) is 1.89. The van der Waals surface area contributed by atoms with Crippen molar-refractivity contribution in [2.75, 3.05) is 24.6 Å². The summed E-state index contributed by atoms with van der Waals surface area (Å²) in [5.74, 6) is -3.34. The third-order valence-corrected chi connectivity index (χ3v) is 5.25. The fourth-order valence-electron chi connectivity index (χ4n) is 2.63. The summed E-state index contributed by atoms with van der Waals surface area (Å²) >= 11 is 7.90. The minimum absolute atomic E-state index is 0.0824. The molecule has 13 nitrogen and oxygen atoms in total. The molecule has 12 N–H and O–H groups in total. The average molecular weight is 509 g/mol. The summed E-state index contributed by atoms with van der Waals surface area (Å²) < 4.78 is 0. The van der Waals surface area contributed by atoms with Gasteiger partial charge in [0.25, 0.3) is 0 Å². The van der Waals surface area contributed by atoms with Gasteiger partial charge in [0.05, 0.1) is 6.04 Å². The van der Waals surface area contributed by atoms with Crippen molar-refractivity contribution in [3.8, 4) is 0 Å². The number of unbranched alkanes of at least 4 members (excludes halogenated alkanes) is 1. The first-order chi connectivity index (χ1) is 15.6. The fourth-order valence-corrected chi connectivity index (χ4v) is 3.04. The highest BCUT2D eigenvalue weighted by molar-refractivity contribution is 7.80. The first kappa shape index (κ1) is 30.8. The molecule has 190 valence electrons. The van der Waals surface area contributed by atoms with Gasteiger partial charge in [-0.25, -0.2) is 4.79 Å². The Hall–Kier alpha value is -2.23. The number of amides is 3. The Morgan fingerprint density at radius 3 is 1.79 bits per heavy atom. The van der Waals surface area contributed by atoms with E-state index < -0.39 is 47.9 Å². The zero-order chi connectivity index (χ0) is 25.4. The van der Waals surface area contributed by atoms with Gasteiger partial charge < -0.3 is 44.0 Å². The Kier molecular flexibility index (Phi) is 16.1. The van der Waals surface area contributed by atoms with E-state index in [-0.39, 0.29) is 36.9 Å². The summed E-state index contributed by atoms with van der Waals surface area (Å²) in [5, 5.41) is 16.6. The average Bonchev–Trinajstić information content (AvgIpc) is 2.77. The Morgan fingerprint density at radius 2 is 1.33 bits per heavy atom. The Balaban J connectivity index is 5.46. The van der Waals surface area contributed by atoms with Crippen LogP contribution in [0.2, 0.25) is 0 Å². The van der Waals surface area contributed by atoms with Crippen LogP contribution in [-0.2, 0) is 19.2 Å². The van der Waals surface area contributed by atoms with Crippen molar-refractivity contribution in [2.45, 2.75) is 56.3 Å². The minimum Gasteiger partial charge on any atom is -0.480 e. The maximum Gasteiger partial charge on any atom is 0.327 e. The number of aliphatic imine (C=N–C) groups is 1. The maximum atomic E-state index is 12.9. The molecule has 0 aromatic rings. The largest absolute Gasteiger partial charge is 0.480 e. The van der Waals surface area contributed by atoms with Crippen LogP contribution >= 0.6 is 25.3 Å². The van der Waals surface area contributed by atoms with E-state index in [4.69, 9.17) is 22.9 Å². The van der Waals surface area contributed by atoms with E-state index in [0.29, 0.717) is 25.8 Å². The van der Waals surface area contributed by atoms with Crippen molar-refractivity contribution >= 4 is 54.9 Å². The molecule has 4 unspecified atom stereocenters. The quantitative estimate of drug-likeness (QED) is 0.0413. The van der Waals surface area contributed by atoms with E-state index in [2.05, 4.69) is 46.2 Å². The molecule has 0 rings (SSSR count). The number of carbonyl (C=O) groups excluding carboxylic acids is 3. The maximum absolute atomic E-state index is 12.9. The molecule has 0 aliphatic rings. The SMILES string of the molecule is NCCCCC(NC(=O)C(N)CS)C(=O)NC(CCCN=C(N)N)C(=O)NC(CS)C(=O)O. The molecule has 0 aromatic heterocycles. The van der Waals surface area contributed by atoms with Gasteiger partial charge in [-0.1, -0.05) is 0 Å². The number of aliphatic carboxylic acids is 1. The first-order valence-corrected chi connectivity index (χ1v) is 11.7. The predicted molar refractivity (Wildman–Crippen MR) is 132 cm³/mol. The van der Waals surface area contributed by atoms with Gasteiger partial charge in [-0.2, -0.15) is 25.3 Å². The second-order valence-corrected chi connectivity index (χ2v) is 7.96. The lowest BCUT2D eigenvalue weighted by molar-refractivity contribution is -0.141. The molecular weight excluding hydrogens is 472 g/mol. The van der Waals surface area contributed by atoms with Crippen molar-refractivity contribution in [2.24, 2.45) is 27.9 Å². The van der Waals surface area contributed by atoms with Gasteiger partial charge in [-0.3, -0.25) is 19.4 Å². The summed E-state index contributed by atoms with van der Waals surface area (Å²) in [6.45, 7) is 0.610. The number of guanidine groups is 1. The molecule has 0 radical (unpaired) electrons. The number of rotatable bonds is 17. The number of hydrogen-bond acceptors (Lipinski definition) is 9. The third-order valence-electron chi connectivity index (χ3n) is 4.49. The summed E-state index contributed by atoms with van der Waals surface area (Å²) in [5.41, 5.74) is 21.7. The number of nitrogens with one attached hydrogen (secondary N) is 3. The highest BCUT2D eigenvalue weighted by Crippen LogP contribution is 2.06. The van der Waals surface area contributed by atoms with Crippen molar-refractivity contribution in [1.29, 1.82) is 0 Å². The predicted octanol–water partition coefficient (Wildman–Crippen LogP) is -3.11. The highest BCUT2D eigenvalue weighted by Gasteiger charge is 2.29. The van der Waals surface area contributed by atoms with Crippen molar-refractivity contribution < 1.29 is 24.3 Å². The molecule has 0 aliphatic heterocycles. The van der Waals surface area contributed by atoms with Crippen molar-refractivity contribution in [3.63, 3.8) is 0 Å². The molecule has 0 fully saturated rings. The van der Waals surface area contributed by atoms with Crippen LogP contribution in [0.25, 0.3) is 0 Å². The molecule has 4 atom stereocenters. The fraction of sp³-hybridized carbons (Fsp3) is 0.722. The van der Waals surface area contributed by atoms with Crippen molar-refractivity contribution in [3.05, 3.63) is 0 Å². The molecule has 0 aromatic carbocycles. The van der Waals surface area contributed by atoms with Gasteiger partial charge in [-0.15, -0.1) is 0 Å². The summed E-state index contributed by atoms with van der Waals surface area (Å²) in [6, 6.07) is -4.22. The van der Waals surface area contributed by atoms with Gasteiger partial charge in [0, 0.05) is 18.1 Å². The van der Waals surface area contributed by atoms with E-state index in [1.54, 1.807) is 0 Å². The smallest absolute Gasteiger partial charge is 0.327 e. The molecule has 0 aliphatic carbocycles. The van der Waals surface area contributed by atoms with Crippen LogP contribution in [0.15, 0.2) is 4.99 Å². The molecular formula is C18H36N8O5S2. The number of carboxylic acids is 1. The van der Waals surface area contributed by atoms with Gasteiger partial charge in [0.15, 0.2) is 5.96 Å². The van der Waals surface area contributed by atoms with Crippen molar-refractivity contribution in [1.82, 2.24) is 16.0 Å². The second-order valence-electron chi connectivity index (χ2n) is 7.23. The zero-order valence-electron chi connectivity index (χ0n) is 18.4. The van der Waals surface area contributed by atoms with Gasteiger partial charge in [0.2, 0.25) is 17.7 Å². The lowest BCUT2D eigenvalue weighted by atomic mass is 10.1. The van der Waals surface area contributed by atoms with Crippen LogP contribution in [0.5, 0.6) is 0 Å². The van der Waals surface area contributed by atoms with Gasteiger partial charge in [-0.05, 0) is 38.6 Å². The molecule has 0 bridgehead atoms. The number of carbonyl (C=O) groups is 4. The first-order valence-electron chi connectivity index (χ1n) is 10.4. The lowest BCUT2D eigenvalue weighted by Crippen LogP contribution is -2.57. The van der Waals surface area contributed by atoms with Crippen LogP contribution < -0.4 is 38.9 Å². The van der Waals surface area contributed by atoms with E-state index in [0.717, 1.165) is 0 Å². The van der Waals surface area contributed by atoms with Crippen LogP contribution in [0.3, 0.4) is 0 Å². The molecule has 0 spiro atoms. The topological polar surface area (TPSA) is 241 Å². The normalized spacial score (nSPS) is 14.3. The molecule has 0 heterocycles. The van der Waals surface area contributed by atoms with E-state index in [1.807, 2.05) is 0 Å². The van der Waals surface area contributed by atoms with Gasteiger partial charge in [0.1, 0.15) is 18.1 Å². The van der Waals surface area contributed by atoms with Crippen LogP contribution in [0, 0.1) is 0 Å². The van der Waals surface area contributed by atoms with Crippen LogP contribution in [0.1, 0.15) is 32.1 Å². The number of carboxylic acid groups (broad SMARTS) is 1. The number of thiol groups is 2. The van der Waals surface area contributed by atoms with E-state index in [9.17, 15) is 24.3 Å². The van der Waals surface area contributed by atoms with Crippen LogP contribution in [-0.4, -0.2) is 83.5 Å². The molecule has 33 heavy (non-hydrogen) atoms. The zero-order valence-corrected chi connectivity index (χ0v) is 20.2. The highest BCUT2D eigenvalue weighted by atomic mass is 32.1. The van der Waals surface area contributed by atoms with Gasteiger partial charge >= 0.3 is 5.97 Å². The Morgan fingerprint density at radius 1 is 0.818 bits per heavy atom. The summed E-state index contributed by atoms with van der Waals surface area (Å²) in [7, 11) is 0. The third kappa shape index (κ3) is 13.2. The Labute approximate surface area is 204 Å². The Bertz CT molecular complexity index is 678. The molecule has 3 amide bonds. The number of nitrogens with zero attached hydrogens (tertiary/aromatic N) is 1. The number of hydrogen-bond donors (Lipinski definition) is 10. The van der Waals surface area contributed by atoms with E-state index >= 15 is 0 Å². The number of nitrogens with two attached hydrogens (primary N) is 4. The monoisotopic (exact) mass is 508 g/mol. The summed E-state index contributed by atoms with van der Waals surface area (Å²) in [4.78, 5) is 52.9. The second kappa shape index (κ2) is 17.3. The molecule has 0 saturated heterocycles. The molecule has 15 heteroatoms. The van der Waals surface area contributed by atoms with E-state index in [1.165, 1.54) is 0 Å². The van der Waals surface area contributed by atoms with Crippen LogP contribution in [0.4, 0.5) is 0 Å². The standard InChI is InChI=1S/C18H36N8O5S2/c19-6-2-1-4-11(24-14(27)10(20)8-32)15(28)25-12(5-3-7-23-18(21)22)16(29)26-13(9-33)17(30)31/h10-13,32-33H,1-9,19-20H2,(H,24,27)(H,25,28)(H,26,29)(H,30,31)(H4,21,22,23). The molecule has 0 saturated carbocycles. The minimum atomic E-state index is -1.27.